The lowest BCUT2D eigenvalue weighted by Gasteiger charge is -1.94. The van der Waals surface area contributed by atoms with Gasteiger partial charge in [-0.15, -0.1) is 0 Å². The molecule has 0 amide bonds. The highest BCUT2D eigenvalue weighted by Gasteiger charge is 2.31. The van der Waals surface area contributed by atoms with Crippen molar-refractivity contribution in [2.75, 3.05) is 0 Å². The summed E-state index contributed by atoms with van der Waals surface area (Å²) in [5.74, 6) is -0.124. The molecule has 2 heterocycles. The van der Waals surface area contributed by atoms with Gasteiger partial charge in [-0.05, 0) is 25.0 Å². The Balaban J connectivity index is 2.07. The summed E-state index contributed by atoms with van der Waals surface area (Å²) < 4.78 is 0. The van der Waals surface area contributed by atoms with Crippen molar-refractivity contribution in [2.24, 2.45) is 0 Å². The van der Waals surface area contributed by atoms with Crippen LogP contribution < -0.4 is 0 Å². The first kappa shape index (κ1) is 10.0. The molecule has 1 aliphatic carbocycles. The van der Waals surface area contributed by atoms with E-state index < -0.39 is 5.97 Å². The van der Waals surface area contributed by atoms with Gasteiger partial charge in [-0.25, -0.2) is 9.78 Å². The van der Waals surface area contributed by atoms with Crippen LogP contribution in [-0.2, 0) is 0 Å². The molecule has 0 unspecified atom stereocenters. The molecule has 17 heavy (non-hydrogen) atoms. The van der Waals surface area contributed by atoms with Crippen LogP contribution in [-0.4, -0.2) is 26.0 Å². The molecule has 0 radical (unpaired) electrons. The van der Waals surface area contributed by atoms with Crippen LogP contribution in [0.5, 0.6) is 0 Å². The molecule has 2 N–H and O–H groups in total. The first-order valence-electron chi connectivity index (χ1n) is 5.50. The highest BCUT2D eigenvalue weighted by atomic mass is 16.4. The maximum absolute atomic E-state index is 11.1. The van der Waals surface area contributed by atoms with Crippen molar-refractivity contribution < 1.29 is 9.90 Å². The molecule has 1 aliphatic rings. The molecule has 3 rings (SSSR count). The van der Waals surface area contributed by atoms with Crippen molar-refractivity contribution in [2.45, 2.75) is 18.8 Å². The average Bonchev–Trinajstić information content (AvgIpc) is 3.09. The Kier molecular flexibility index (Phi) is 2.18. The Morgan fingerprint density at radius 2 is 2.24 bits per heavy atom. The second-order valence-corrected chi connectivity index (χ2v) is 4.14. The van der Waals surface area contributed by atoms with E-state index in [1.54, 1.807) is 12.3 Å². The predicted octanol–water partition coefficient (Wildman–Crippen LogP) is 2.05. The molecule has 1 fully saturated rings. The third-order valence-corrected chi connectivity index (χ3v) is 2.83. The number of pyridine rings is 1. The van der Waals surface area contributed by atoms with Crippen molar-refractivity contribution in [1.82, 2.24) is 15.0 Å². The summed E-state index contributed by atoms with van der Waals surface area (Å²) in [7, 11) is 0. The third-order valence-electron chi connectivity index (χ3n) is 2.83. The molecular weight excluding hydrogens is 218 g/mol. The van der Waals surface area contributed by atoms with Crippen LogP contribution >= 0.6 is 0 Å². The zero-order valence-corrected chi connectivity index (χ0v) is 9.05. The summed E-state index contributed by atoms with van der Waals surface area (Å²) in [5.41, 5.74) is 1.54. The van der Waals surface area contributed by atoms with Crippen molar-refractivity contribution in [3.8, 4) is 11.5 Å². The van der Waals surface area contributed by atoms with E-state index >= 15 is 0 Å². The molecule has 0 atom stereocenters. The Hall–Kier alpha value is -2.17. The van der Waals surface area contributed by atoms with Gasteiger partial charge in [0, 0.05) is 12.1 Å². The Labute approximate surface area is 97.5 Å². The SMILES string of the molecule is O=C(O)c1nc(-c2ccccn2)[nH]c1C1CC1. The van der Waals surface area contributed by atoms with Gasteiger partial charge in [0.05, 0.1) is 5.69 Å². The minimum absolute atomic E-state index is 0.133. The van der Waals surface area contributed by atoms with E-state index in [0.29, 0.717) is 17.4 Å². The van der Waals surface area contributed by atoms with Gasteiger partial charge in [0.2, 0.25) is 0 Å². The number of imidazole rings is 1. The van der Waals surface area contributed by atoms with Crippen molar-refractivity contribution in [3.05, 3.63) is 35.8 Å². The van der Waals surface area contributed by atoms with Crippen molar-refractivity contribution >= 4 is 5.97 Å². The highest BCUT2D eigenvalue weighted by molar-refractivity contribution is 5.88. The van der Waals surface area contributed by atoms with Crippen LogP contribution in [0.2, 0.25) is 0 Å². The van der Waals surface area contributed by atoms with E-state index in [9.17, 15) is 4.79 Å². The third kappa shape index (κ3) is 1.80. The average molecular weight is 229 g/mol. The number of hydrogen-bond acceptors (Lipinski definition) is 3. The monoisotopic (exact) mass is 229 g/mol. The fraction of sp³-hybridized carbons (Fsp3) is 0.250. The van der Waals surface area contributed by atoms with Crippen LogP contribution in [0.3, 0.4) is 0 Å². The highest BCUT2D eigenvalue weighted by Crippen LogP contribution is 2.41. The fourth-order valence-corrected chi connectivity index (χ4v) is 1.84. The molecule has 0 bridgehead atoms. The maximum atomic E-state index is 11.1. The normalized spacial score (nSPS) is 14.8. The Bertz CT molecular complexity index is 558. The number of carboxylic acid groups (broad SMARTS) is 1. The van der Waals surface area contributed by atoms with E-state index in [0.717, 1.165) is 18.5 Å². The minimum Gasteiger partial charge on any atom is -0.476 e. The number of carboxylic acids is 1. The molecule has 0 aromatic carbocycles. The van der Waals surface area contributed by atoms with E-state index in [1.807, 2.05) is 12.1 Å². The van der Waals surface area contributed by atoms with Gasteiger partial charge in [-0.1, -0.05) is 6.07 Å². The number of aromatic carboxylic acids is 1. The van der Waals surface area contributed by atoms with Gasteiger partial charge < -0.3 is 10.1 Å². The van der Waals surface area contributed by atoms with Crippen LogP contribution in [0.15, 0.2) is 24.4 Å². The molecule has 1 saturated carbocycles. The lowest BCUT2D eigenvalue weighted by atomic mass is 10.2. The van der Waals surface area contributed by atoms with Gasteiger partial charge in [-0.3, -0.25) is 4.98 Å². The van der Waals surface area contributed by atoms with E-state index in [4.69, 9.17) is 5.11 Å². The first-order valence-corrected chi connectivity index (χ1v) is 5.50. The smallest absolute Gasteiger partial charge is 0.356 e. The van der Waals surface area contributed by atoms with Crippen LogP contribution in [0.25, 0.3) is 11.5 Å². The lowest BCUT2D eigenvalue weighted by Crippen LogP contribution is -2.00. The summed E-state index contributed by atoms with van der Waals surface area (Å²) in [5, 5.41) is 9.10. The topological polar surface area (TPSA) is 78.9 Å². The first-order chi connectivity index (χ1) is 8.25. The Morgan fingerprint density at radius 1 is 1.41 bits per heavy atom. The molecule has 86 valence electrons. The van der Waals surface area contributed by atoms with E-state index in [2.05, 4.69) is 15.0 Å². The second kappa shape index (κ2) is 3.69. The number of aromatic amines is 1. The molecule has 0 saturated heterocycles. The molecule has 0 spiro atoms. The summed E-state index contributed by atoms with van der Waals surface area (Å²) in [6, 6.07) is 5.47. The molecule has 2 aromatic heterocycles. The van der Waals surface area contributed by atoms with Gasteiger partial charge in [0.15, 0.2) is 11.5 Å². The standard InChI is InChI=1S/C12H11N3O2/c16-12(17)10-9(7-4-5-7)14-11(15-10)8-3-1-2-6-13-8/h1-3,6-7H,4-5H2,(H,14,15)(H,16,17). The molecule has 0 aliphatic heterocycles. The van der Waals surface area contributed by atoms with Gasteiger partial charge >= 0.3 is 5.97 Å². The predicted molar refractivity (Wildman–Crippen MR) is 60.8 cm³/mol. The van der Waals surface area contributed by atoms with Crippen LogP contribution in [0.4, 0.5) is 0 Å². The van der Waals surface area contributed by atoms with Crippen molar-refractivity contribution in [1.29, 1.82) is 0 Å². The quantitative estimate of drug-likeness (QED) is 0.844. The van der Waals surface area contributed by atoms with Gasteiger partial charge in [-0.2, -0.15) is 0 Å². The largest absolute Gasteiger partial charge is 0.476 e. The molecule has 5 nitrogen and oxygen atoms in total. The number of nitrogens with zero attached hydrogens (tertiary/aromatic N) is 2. The van der Waals surface area contributed by atoms with Gasteiger partial charge in [0.25, 0.3) is 0 Å². The molecule has 5 heteroatoms. The number of rotatable bonds is 3. The van der Waals surface area contributed by atoms with Gasteiger partial charge in [0.1, 0.15) is 5.69 Å². The van der Waals surface area contributed by atoms with E-state index in [1.165, 1.54) is 0 Å². The number of carbonyl (C=O) groups is 1. The second-order valence-electron chi connectivity index (χ2n) is 4.14. The number of hydrogen-bond donors (Lipinski definition) is 2. The Morgan fingerprint density at radius 3 is 2.82 bits per heavy atom. The number of H-pyrrole nitrogens is 1. The minimum atomic E-state index is -0.981. The fourth-order valence-electron chi connectivity index (χ4n) is 1.84. The lowest BCUT2D eigenvalue weighted by molar-refractivity contribution is 0.0690. The zero-order valence-electron chi connectivity index (χ0n) is 9.05. The summed E-state index contributed by atoms with van der Waals surface area (Å²) in [4.78, 5) is 22.5. The van der Waals surface area contributed by atoms with Crippen LogP contribution in [0.1, 0.15) is 34.9 Å². The molecule has 2 aromatic rings. The number of nitrogens with one attached hydrogen (secondary N) is 1. The number of aromatic nitrogens is 3. The van der Waals surface area contributed by atoms with E-state index in [-0.39, 0.29) is 5.69 Å². The summed E-state index contributed by atoms with van der Waals surface area (Å²) in [6.07, 6.45) is 3.73. The van der Waals surface area contributed by atoms with Crippen molar-refractivity contribution in [3.63, 3.8) is 0 Å². The summed E-state index contributed by atoms with van der Waals surface area (Å²) >= 11 is 0. The van der Waals surface area contributed by atoms with Crippen LogP contribution in [0, 0.1) is 0 Å². The molecular formula is C12H11N3O2. The zero-order chi connectivity index (χ0) is 11.8. The summed E-state index contributed by atoms with van der Waals surface area (Å²) in [6.45, 7) is 0. The maximum Gasteiger partial charge on any atom is 0.356 e.